The zero-order valence-corrected chi connectivity index (χ0v) is 17.2. The molecule has 5 nitrogen and oxygen atoms in total. The monoisotopic (exact) mass is 425 g/mol. The molecule has 1 saturated heterocycles. The molecule has 0 bridgehead atoms. The van der Waals surface area contributed by atoms with Gasteiger partial charge >= 0.3 is 0 Å². The number of nitro groups is 1. The van der Waals surface area contributed by atoms with Gasteiger partial charge in [-0.3, -0.25) is 19.7 Å². The summed E-state index contributed by atoms with van der Waals surface area (Å²) < 4.78 is 0.773. The molecule has 2 aromatic rings. The molecule has 3 rings (SSSR count). The number of hydrogen-bond donors (Lipinski definition) is 0. The first-order valence-corrected chi connectivity index (χ1v) is 11.1. The van der Waals surface area contributed by atoms with Crippen LogP contribution in [-0.2, 0) is 4.79 Å². The summed E-state index contributed by atoms with van der Waals surface area (Å²) >= 11 is 3.12. The third-order valence-corrected chi connectivity index (χ3v) is 6.87. The second-order valence-electron chi connectivity index (χ2n) is 6.31. The Hall–Kier alpha value is -2.64. The molecule has 0 saturated carbocycles. The quantitative estimate of drug-likeness (QED) is 0.151. The minimum absolute atomic E-state index is 0.0122. The zero-order chi connectivity index (χ0) is 20.6. The minimum Gasteiger partial charge on any atom is -0.289 e. The van der Waals surface area contributed by atoms with Crippen LogP contribution >= 0.6 is 23.5 Å². The SMILES string of the molecule is O=C(C=Cc1ccc([N+](=O)[O-])cc1)C(C(=O)c1ccccc1)=C1SCCCCS1. The first-order chi connectivity index (χ1) is 14.1. The molecule has 0 unspecified atom stereocenters. The van der Waals surface area contributed by atoms with Crippen molar-refractivity contribution in [2.24, 2.45) is 0 Å². The largest absolute Gasteiger partial charge is 0.289 e. The highest BCUT2D eigenvalue weighted by Gasteiger charge is 2.24. The molecule has 1 heterocycles. The number of non-ortho nitro benzene ring substituents is 1. The van der Waals surface area contributed by atoms with Crippen molar-refractivity contribution in [1.29, 1.82) is 0 Å². The van der Waals surface area contributed by atoms with Crippen LogP contribution < -0.4 is 0 Å². The summed E-state index contributed by atoms with van der Waals surface area (Å²) in [5.41, 5.74) is 1.33. The molecule has 0 radical (unpaired) electrons. The Morgan fingerprint density at radius 3 is 2.14 bits per heavy atom. The van der Waals surface area contributed by atoms with Crippen molar-refractivity contribution in [1.82, 2.24) is 0 Å². The van der Waals surface area contributed by atoms with Gasteiger partial charge in [-0.2, -0.15) is 0 Å². The fourth-order valence-electron chi connectivity index (χ4n) is 2.72. The maximum Gasteiger partial charge on any atom is 0.269 e. The number of Topliss-reactive ketones (excluding diaryl/α,β-unsaturated/α-hetero) is 1. The molecule has 0 spiro atoms. The van der Waals surface area contributed by atoms with Crippen LogP contribution in [0.25, 0.3) is 6.08 Å². The van der Waals surface area contributed by atoms with E-state index in [1.165, 1.54) is 18.2 Å². The number of rotatable bonds is 6. The highest BCUT2D eigenvalue weighted by atomic mass is 32.2. The van der Waals surface area contributed by atoms with Crippen molar-refractivity contribution in [2.45, 2.75) is 12.8 Å². The van der Waals surface area contributed by atoms with Gasteiger partial charge in [-0.15, -0.1) is 23.5 Å². The van der Waals surface area contributed by atoms with Gasteiger partial charge in [0.15, 0.2) is 11.6 Å². The van der Waals surface area contributed by atoms with Gasteiger partial charge in [0.05, 0.1) is 14.7 Å². The van der Waals surface area contributed by atoms with E-state index in [9.17, 15) is 19.7 Å². The Morgan fingerprint density at radius 2 is 1.55 bits per heavy atom. The van der Waals surface area contributed by atoms with Gasteiger partial charge in [-0.05, 0) is 48.1 Å². The maximum absolute atomic E-state index is 13.1. The lowest BCUT2D eigenvalue weighted by molar-refractivity contribution is -0.384. The van der Waals surface area contributed by atoms with Gasteiger partial charge in [0, 0.05) is 17.7 Å². The van der Waals surface area contributed by atoms with Crippen LogP contribution in [0.2, 0.25) is 0 Å². The second-order valence-corrected chi connectivity index (χ2v) is 8.78. The summed E-state index contributed by atoms with van der Waals surface area (Å²) in [6, 6.07) is 14.7. The number of benzene rings is 2. The number of nitrogens with zero attached hydrogens (tertiary/aromatic N) is 1. The first kappa shape index (κ1) is 21.1. The smallest absolute Gasteiger partial charge is 0.269 e. The number of carbonyl (C=O) groups excluding carboxylic acids is 2. The van der Waals surface area contributed by atoms with Crippen molar-refractivity contribution < 1.29 is 14.5 Å². The van der Waals surface area contributed by atoms with E-state index >= 15 is 0 Å². The van der Waals surface area contributed by atoms with Gasteiger partial charge in [0.2, 0.25) is 0 Å². The average Bonchev–Trinajstić information content (AvgIpc) is 3.02. The predicted molar refractivity (Wildman–Crippen MR) is 119 cm³/mol. The summed E-state index contributed by atoms with van der Waals surface area (Å²) in [5, 5.41) is 10.8. The van der Waals surface area contributed by atoms with Gasteiger partial charge < -0.3 is 0 Å². The first-order valence-electron chi connectivity index (χ1n) is 9.13. The highest BCUT2D eigenvalue weighted by Crippen LogP contribution is 2.37. The molecule has 1 aliphatic rings. The Kier molecular flexibility index (Phi) is 7.43. The number of thioether (sulfide) groups is 2. The summed E-state index contributed by atoms with van der Waals surface area (Å²) in [5.74, 6) is 1.13. The Balaban J connectivity index is 1.90. The van der Waals surface area contributed by atoms with Crippen LogP contribution in [0.3, 0.4) is 0 Å². The molecule has 1 fully saturated rings. The zero-order valence-electron chi connectivity index (χ0n) is 15.6. The van der Waals surface area contributed by atoms with E-state index in [4.69, 9.17) is 0 Å². The summed E-state index contributed by atoms with van der Waals surface area (Å²) in [6.45, 7) is 0. The van der Waals surface area contributed by atoms with E-state index in [0.29, 0.717) is 11.1 Å². The highest BCUT2D eigenvalue weighted by molar-refractivity contribution is 8.22. The Labute approximate surface area is 177 Å². The molecular formula is C22H19NO4S2. The molecule has 0 atom stereocenters. The number of ketones is 2. The lowest BCUT2D eigenvalue weighted by atomic mass is 10.0. The van der Waals surface area contributed by atoms with Crippen LogP contribution in [-0.4, -0.2) is 28.0 Å². The van der Waals surface area contributed by atoms with Crippen LogP contribution in [0.5, 0.6) is 0 Å². The summed E-state index contributed by atoms with van der Waals surface area (Å²) in [4.78, 5) is 36.4. The minimum atomic E-state index is -0.472. The lowest BCUT2D eigenvalue weighted by Gasteiger charge is -2.10. The molecular weight excluding hydrogens is 406 g/mol. The third kappa shape index (κ3) is 5.68. The third-order valence-electron chi connectivity index (χ3n) is 4.25. The van der Waals surface area contributed by atoms with Crippen LogP contribution in [0.15, 0.2) is 70.5 Å². The Morgan fingerprint density at radius 1 is 0.931 bits per heavy atom. The molecule has 0 amide bonds. The number of nitro benzene ring substituents is 1. The van der Waals surface area contributed by atoms with Crippen LogP contribution in [0.4, 0.5) is 5.69 Å². The predicted octanol–water partition coefficient (Wildman–Crippen LogP) is 5.53. The molecule has 148 valence electrons. The van der Waals surface area contributed by atoms with Crippen molar-refractivity contribution in [3.8, 4) is 0 Å². The maximum atomic E-state index is 13.1. The number of hydrogen-bond acceptors (Lipinski definition) is 6. The molecule has 0 aliphatic carbocycles. The molecule has 1 aliphatic heterocycles. The van der Waals surface area contributed by atoms with Gasteiger partial charge in [0.1, 0.15) is 0 Å². The lowest BCUT2D eigenvalue weighted by Crippen LogP contribution is -2.13. The topological polar surface area (TPSA) is 77.3 Å². The Bertz CT molecular complexity index is 956. The normalized spacial score (nSPS) is 14.4. The summed E-state index contributed by atoms with van der Waals surface area (Å²) in [7, 11) is 0. The van der Waals surface area contributed by atoms with Crippen LogP contribution in [0.1, 0.15) is 28.8 Å². The molecule has 29 heavy (non-hydrogen) atoms. The fourth-order valence-corrected chi connectivity index (χ4v) is 5.30. The van der Waals surface area contributed by atoms with Crippen molar-refractivity contribution in [3.63, 3.8) is 0 Å². The van der Waals surface area contributed by atoms with E-state index in [-0.39, 0.29) is 22.8 Å². The summed E-state index contributed by atoms with van der Waals surface area (Å²) in [6.07, 6.45) is 5.06. The average molecular weight is 426 g/mol. The van der Waals surface area contributed by atoms with Crippen molar-refractivity contribution in [2.75, 3.05) is 11.5 Å². The van der Waals surface area contributed by atoms with E-state index < -0.39 is 4.92 Å². The van der Waals surface area contributed by atoms with Crippen molar-refractivity contribution in [3.05, 3.63) is 91.7 Å². The van der Waals surface area contributed by atoms with E-state index in [2.05, 4.69) is 0 Å². The fraction of sp³-hybridized carbons (Fsp3) is 0.182. The molecule has 7 heteroatoms. The van der Waals surface area contributed by atoms with E-state index in [1.54, 1.807) is 66.0 Å². The molecule has 0 aromatic heterocycles. The molecule has 2 aromatic carbocycles. The van der Waals surface area contributed by atoms with Crippen LogP contribution in [0, 0.1) is 10.1 Å². The number of allylic oxidation sites excluding steroid dienone is 2. The van der Waals surface area contributed by atoms with Gasteiger partial charge in [-0.1, -0.05) is 36.4 Å². The van der Waals surface area contributed by atoms with Gasteiger partial charge in [-0.25, -0.2) is 0 Å². The van der Waals surface area contributed by atoms with Gasteiger partial charge in [0.25, 0.3) is 5.69 Å². The molecule has 0 N–H and O–H groups in total. The van der Waals surface area contributed by atoms with Crippen molar-refractivity contribution >= 4 is 46.9 Å². The van der Waals surface area contributed by atoms with E-state index in [1.807, 2.05) is 6.07 Å². The second kappa shape index (κ2) is 10.2. The standard InChI is InChI=1S/C22H19NO4S2/c24-19(13-10-16-8-11-18(12-9-16)23(26)27)20(22-28-14-4-5-15-29-22)21(25)17-6-2-1-3-7-17/h1-3,6-13H,4-5,14-15H2. The number of carbonyl (C=O) groups is 2. The van der Waals surface area contributed by atoms with E-state index in [0.717, 1.165) is 28.6 Å².